The lowest BCUT2D eigenvalue weighted by atomic mass is 10.0. The zero-order valence-electron chi connectivity index (χ0n) is 16.2. The first kappa shape index (κ1) is 20.1. The average Bonchev–Trinajstić information content (AvgIpc) is 2.71. The van der Waals surface area contributed by atoms with E-state index in [0.29, 0.717) is 17.4 Å². The summed E-state index contributed by atoms with van der Waals surface area (Å²) in [5, 5.41) is 10.5. The number of hydrogen-bond acceptors (Lipinski definition) is 2. The summed E-state index contributed by atoms with van der Waals surface area (Å²) in [7, 11) is 0. The molecule has 0 aliphatic rings. The van der Waals surface area contributed by atoms with Crippen LogP contribution in [0, 0.1) is 11.6 Å². The lowest BCUT2D eigenvalue weighted by Crippen LogP contribution is -1.97. The van der Waals surface area contributed by atoms with Crippen molar-refractivity contribution >= 4 is 10.8 Å². The van der Waals surface area contributed by atoms with Gasteiger partial charge in [0.05, 0.1) is 6.61 Å². The minimum absolute atomic E-state index is 0.293. The number of aromatic hydroxyl groups is 1. The van der Waals surface area contributed by atoms with Crippen LogP contribution < -0.4 is 4.74 Å². The Hall–Kier alpha value is -2.62. The largest absolute Gasteiger partial charge is 0.504 e. The van der Waals surface area contributed by atoms with Crippen LogP contribution in [-0.4, -0.2) is 11.7 Å². The Kier molecular flexibility index (Phi) is 6.85. The smallest absolute Gasteiger partial charge is 0.201 e. The van der Waals surface area contributed by atoms with Crippen LogP contribution in [0.2, 0.25) is 0 Å². The van der Waals surface area contributed by atoms with Crippen molar-refractivity contribution in [3.63, 3.8) is 0 Å². The molecule has 28 heavy (non-hydrogen) atoms. The van der Waals surface area contributed by atoms with Gasteiger partial charge in [0, 0.05) is 5.39 Å². The molecule has 0 aliphatic heterocycles. The van der Waals surface area contributed by atoms with E-state index in [1.165, 1.54) is 32.1 Å². The number of unbranched alkanes of at least 4 members (excludes halogenated alkanes) is 5. The van der Waals surface area contributed by atoms with Gasteiger partial charge >= 0.3 is 0 Å². The molecule has 0 bridgehead atoms. The summed E-state index contributed by atoms with van der Waals surface area (Å²) in [5.41, 5.74) is 1.80. The topological polar surface area (TPSA) is 29.5 Å². The predicted molar refractivity (Wildman–Crippen MR) is 110 cm³/mol. The first-order chi connectivity index (χ1) is 13.6. The van der Waals surface area contributed by atoms with Crippen molar-refractivity contribution in [1.82, 2.24) is 0 Å². The third-order valence-corrected chi connectivity index (χ3v) is 4.96. The highest BCUT2D eigenvalue weighted by Gasteiger charge is 2.13. The summed E-state index contributed by atoms with van der Waals surface area (Å²) < 4.78 is 32.9. The maximum absolute atomic E-state index is 13.6. The lowest BCUT2D eigenvalue weighted by Gasteiger charge is -2.09. The first-order valence-electron chi connectivity index (χ1n) is 9.94. The highest BCUT2D eigenvalue weighted by Crippen LogP contribution is 2.33. The number of phenols is 1. The zero-order valence-corrected chi connectivity index (χ0v) is 16.2. The van der Waals surface area contributed by atoms with Gasteiger partial charge in [-0.05, 0) is 53.3 Å². The van der Waals surface area contributed by atoms with E-state index >= 15 is 0 Å². The molecule has 4 heteroatoms. The highest BCUT2D eigenvalue weighted by atomic mass is 19.2. The monoisotopic (exact) mass is 384 g/mol. The van der Waals surface area contributed by atoms with Crippen LogP contribution in [0.25, 0.3) is 21.9 Å². The maximum atomic E-state index is 13.6. The van der Waals surface area contributed by atoms with E-state index in [9.17, 15) is 13.9 Å². The summed E-state index contributed by atoms with van der Waals surface area (Å²) in [6.45, 7) is 2.93. The number of phenolic OH excluding ortho intramolecular Hbond substituents is 1. The molecule has 0 aromatic heterocycles. The number of fused-ring (bicyclic) bond motifs is 1. The van der Waals surface area contributed by atoms with E-state index in [2.05, 4.69) is 6.92 Å². The number of hydrogen-bond donors (Lipinski definition) is 1. The molecule has 0 spiro atoms. The molecule has 3 rings (SSSR count). The minimum Gasteiger partial charge on any atom is -0.504 e. The second-order valence-corrected chi connectivity index (χ2v) is 7.10. The van der Waals surface area contributed by atoms with Crippen LogP contribution in [0.15, 0.2) is 48.5 Å². The van der Waals surface area contributed by atoms with Crippen molar-refractivity contribution in [3.8, 4) is 22.6 Å². The zero-order chi connectivity index (χ0) is 19.9. The minimum atomic E-state index is -1.22. The fourth-order valence-corrected chi connectivity index (χ4v) is 3.32. The van der Waals surface area contributed by atoms with Crippen LogP contribution in [0.5, 0.6) is 11.5 Å². The Morgan fingerprint density at radius 2 is 1.50 bits per heavy atom. The summed E-state index contributed by atoms with van der Waals surface area (Å²) in [6.07, 6.45) is 7.37. The third-order valence-electron chi connectivity index (χ3n) is 4.96. The Balaban J connectivity index is 1.62. The van der Waals surface area contributed by atoms with E-state index in [-0.39, 0.29) is 0 Å². The molecule has 0 aliphatic carbocycles. The SMILES string of the molecule is CCCCCCCCOc1ccc(-c2ccc3c(O)c(F)c(F)cc3c2)cc1. The lowest BCUT2D eigenvalue weighted by molar-refractivity contribution is 0.304. The fraction of sp³-hybridized carbons (Fsp3) is 0.333. The van der Waals surface area contributed by atoms with Crippen molar-refractivity contribution in [2.24, 2.45) is 0 Å². The standard InChI is InChI=1S/C24H26F2O2/c1-2-3-4-5-6-7-14-28-20-11-8-17(9-12-20)18-10-13-21-19(15-18)16-22(25)23(26)24(21)27/h8-13,15-16,27H,2-7,14H2,1H3. The quantitative estimate of drug-likeness (QED) is 0.394. The number of rotatable bonds is 9. The third kappa shape index (κ3) is 4.80. The molecule has 0 saturated carbocycles. The summed E-state index contributed by atoms with van der Waals surface area (Å²) in [6, 6.07) is 13.9. The van der Waals surface area contributed by atoms with Crippen LogP contribution in [0.4, 0.5) is 8.78 Å². The molecule has 0 atom stereocenters. The molecular weight excluding hydrogens is 358 g/mol. The van der Waals surface area contributed by atoms with Crippen molar-refractivity contribution in [3.05, 3.63) is 60.2 Å². The van der Waals surface area contributed by atoms with E-state index in [4.69, 9.17) is 4.74 Å². The molecule has 3 aromatic carbocycles. The Labute approximate surface area is 164 Å². The van der Waals surface area contributed by atoms with E-state index in [0.717, 1.165) is 29.4 Å². The van der Waals surface area contributed by atoms with Gasteiger partial charge in [-0.15, -0.1) is 0 Å². The van der Waals surface area contributed by atoms with Gasteiger partial charge in [-0.25, -0.2) is 4.39 Å². The highest BCUT2D eigenvalue weighted by molar-refractivity contribution is 5.92. The van der Waals surface area contributed by atoms with Gasteiger partial charge < -0.3 is 9.84 Å². The van der Waals surface area contributed by atoms with Gasteiger partial charge in [-0.1, -0.05) is 57.2 Å². The molecule has 3 aromatic rings. The van der Waals surface area contributed by atoms with Crippen LogP contribution >= 0.6 is 0 Å². The first-order valence-corrected chi connectivity index (χ1v) is 9.94. The van der Waals surface area contributed by atoms with Crippen LogP contribution in [0.1, 0.15) is 45.4 Å². The molecule has 0 radical (unpaired) electrons. The second kappa shape index (κ2) is 9.54. The normalized spacial score (nSPS) is 11.1. The average molecular weight is 384 g/mol. The van der Waals surface area contributed by atoms with Gasteiger partial charge in [0.1, 0.15) is 5.75 Å². The van der Waals surface area contributed by atoms with Gasteiger partial charge in [-0.2, -0.15) is 4.39 Å². The van der Waals surface area contributed by atoms with Crippen molar-refractivity contribution < 1.29 is 18.6 Å². The van der Waals surface area contributed by atoms with Gasteiger partial charge in [-0.3, -0.25) is 0 Å². The fourth-order valence-electron chi connectivity index (χ4n) is 3.32. The van der Waals surface area contributed by atoms with Crippen LogP contribution in [0.3, 0.4) is 0 Å². The van der Waals surface area contributed by atoms with Gasteiger partial charge in [0.2, 0.25) is 5.82 Å². The van der Waals surface area contributed by atoms with Gasteiger partial charge in [0.15, 0.2) is 11.6 Å². The van der Waals surface area contributed by atoms with Crippen molar-refractivity contribution in [2.75, 3.05) is 6.61 Å². The molecule has 0 amide bonds. The second-order valence-electron chi connectivity index (χ2n) is 7.10. The van der Waals surface area contributed by atoms with Crippen LogP contribution in [-0.2, 0) is 0 Å². The van der Waals surface area contributed by atoms with E-state index < -0.39 is 17.4 Å². The Morgan fingerprint density at radius 3 is 2.25 bits per heavy atom. The molecular formula is C24H26F2O2. The molecule has 0 fully saturated rings. The summed E-state index contributed by atoms with van der Waals surface area (Å²) in [5.74, 6) is -2.10. The molecule has 148 valence electrons. The van der Waals surface area contributed by atoms with Gasteiger partial charge in [0.25, 0.3) is 0 Å². The van der Waals surface area contributed by atoms with E-state index in [1.807, 2.05) is 24.3 Å². The van der Waals surface area contributed by atoms with E-state index in [1.54, 1.807) is 18.2 Å². The Morgan fingerprint density at radius 1 is 0.821 bits per heavy atom. The van der Waals surface area contributed by atoms with Crippen molar-refractivity contribution in [1.29, 1.82) is 0 Å². The Bertz CT molecular complexity index is 920. The molecule has 2 nitrogen and oxygen atoms in total. The summed E-state index contributed by atoms with van der Waals surface area (Å²) in [4.78, 5) is 0. The molecule has 0 unspecified atom stereocenters. The maximum Gasteiger partial charge on any atom is 0.201 e. The predicted octanol–water partition coefficient (Wildman–Crippen LogP) is 7.23. The molecule has 0 heterocycles. The molecule has 1 N–H and O–H groups in total. The summed E-state index contributed by atoms with van der Waals surface area (Å²) >= 11 is 0. The molecule has 0 saturated heterocycles. The number of halogens is 2. The number of ether oxygens (including phenoxy) is 1. The number of benzene rings is 3. The van der Waals surface area contributed by atoms with Crippen molar-refractivity contribution in [2.45, 2.75) is 45.4 Å².